The van der Waals surface area contributed by atoms with Gasteiger partial charge < -0.3 is 30.3 Å². The molecule has 2 aromatic rings. The third kappa shape index (κ3) is 5.64. The van der Waals surface area contributed by atoms with Gasteiger partial charge in [0, 0.05) is 23.3 Å². The predicted octanol–water partition coefficient (Wildman–Crippen LogP) is -0.396. The fraction of sp³-hybridized carbons (Fsp3) is 0.316. The maximum absolute atomic E-state index is 12.0. The minimum absolute atomic E-state index is 0.0189. The van der Waals surface area contributed by atoms with Crippen molar-refractivity contribution in [1.29, 1.82) is 0 Å². The SMILES string of the molecule is O=C(c1ccccc1)c1ccc([N+](=O)[O-])cc1.OCC(O)[C@H]1O[C@H](O)[C@H](O)[C@H]1O. The summed E-state index contributed by atoms with van der Waals surface area (Å²) in [7, 11) is 0. The van der Waals surface area contributed by atoms with Gasteiger partial charge in [-0.15, -0.1) is 0 Å². The van der Waals surface area contributed by atoms with Gasteiger partial charge in [-0.1, -0.05) is 30.3 Å². The van der Waals surface area contributed by atoms with E-state index in [1.165, 1.54) is 24.3 Å². The Morgan fingerprint density at radius 1 is 1.00 bits per heavy atom. The Bertz CT molecular complexity index is 812. The molecule has 0 amide bonds. The van der Waals surface area contributed by atoms with Crippen LogP contribution in [0.2, 0.25) is 0 Å². The lowest BCUT2D eigenvalue weighted by atomic mass is 10.0. The van der Waals surface area contributed by atoms with Crippen molar-refractivity contribution in [1.82, 2.24) is 0 Å². The van der Waals surface area contributed by atoms with Crippen molar-refractivity contribution < 1.29 is 40.0 Å². The Morgan fingerprint density at radius 3 is 2.00 bits per heavy atom. The maximum atomic E-state index is 12.0. The number of aliphatic hydroxyl groups is 5. The number of nitro benzene ring substituents is 1. The van der Waals surface area contributed by atoms with Crippen molar-refractivity contribution in [2.24, 2.45) is 0 Å². The highest BCUT2D eigenvalue weighted by Gasteiger charge is 2.44. The molecule has 1 heterocycles. The lowest BCUT2D eigenvalue weighted by Crippen LogP contribution is -2.40. The molecule has 5 atom stereocenters. The summed E-state index contributed by atoms with van der Waals surface area (Å²) in [6.45, 7) is -0.596. The highest BCUT2D eigenvalue weighted by atomic mass is 16.7. The van der Waals surface area contributed by atoms with Gasteiger partial charge in [-0.05, 0) is 12.1 Å². The molecule has 5 N–H and O–H groups in total. The van der Waals surface area contributed by atoms with E-state index in [0.717, 1.165) is 0 Å². The van der Waals surface area contributed by atoms with E-state index in [0.29, 0.717) is 11.1 Å². The number of ketones is 1. The van der Waals surface area contributed by atoms with Gasteiger partial charge in [-0.25, -0.2) is 0 Å². The van der Waals surface area contributed by atoms with Crippen LogP contribution in [0.15, 0.2) is 54.6 Å². The van der Waals surface area contributed by atoms with Gasteiger partial charge >= 0.3 is 0 Å². The van der Waals surface area contributed by atoms with Gasteiger partial charge in [0.25, 0.3) is 5.69 Å². The first-order chi connectivity index (χ1) is 13.8. The predicted molar refractivity (Wildman–Crippen MR) is 99.0 cm³/mol. The zero-order valence-electron chi connectivity index (χ0n) is 15.1. The summed E-state index contributed by atoms with van der Waals surface area (Å²) in [5.41, 5.74) is 0.998. The molecule has 0 spiro atoms. The van der Waals surface area contributed by atoms with Crippen molar-refractivity contribution in [3.63, 3.8) is 0 Å². The van der Waals surface area contributed by atoms with Crippen LogP contribution in [0.3, 0.4) is 0 Å². The summed E-state index contributed by atoms with van der Waals surface area (Å²) >= 11 is 0. The third-order valence-corrected chi connectivity index (χ3v) is 4.22. The highest BCUT2D eigenvalue weighted by molar-refractivity contribution is 6.09. The van der Waals surface area contributed by atoms with E-state index in [9.17, 15) is 14.9 Å². The van der Waals surface area contributed by atoms with Crippen LogP contribution in [0.4, 0.5) is 5.69 Å². The van der Waals surface area contributed by atoms with Gasteiger partial charge in [-0.3, -0.25) is 14.9 Å². The minimum Gasteiger partial charge on any atom is -0.394 e. The summed E-state index contributed by atoms with van der Waals surface area (Å²) in [5, 5.41) is 54.9. The van der Waals surface area contributed by atoms with Crippen molar-refractivity contribution in [3.05, 3.63) is 75.8 Å². The van der Waals surface area contributed by atoms with Crippen LogP contribution >= 0.6 is 0 Å². The van der Waals surface area contributed by atoms with Crippen molar-refractivity contribution >= 4 is 11.5 Å². The van der Waals surface area contributed by atoms with E-state index in [4.69, 9.17) is 25.5 Å². The highest BCUT2D eigenvalue weighted by Crippen LogP contribution is 2.21. The van der Waals surface area contributed by atoms with Crippen LogP contribution in [0, 0.1) is 10.1 Å². The number of hydrogen-bond donors (Lipinski definition) is 5. The molecule has 10 nitrogen and oxygen atoms in total. The van der Waals surface area contributed by atoms with Crippen molar-refractivity contribution in [2.45, 2.75) is 30.7 Å². The molecule has 1 aliphatic heterocycles. The number of nitrogens with zero attached hydrogens (tertiary/aromatic N) is 1. The zero-order valence-corrected chi connectivity index (χ0v) is 15.1. The van der Waals surface area contributed by atoms with E-state index in [-0.39, 0.29) is 11.5 Å². The van der Waals surface area contributed by atoms with Crippen LogP contribution in [-0.4, -0.2) is 73.6 Å². The molecule has 1 fully saturated rings. The first kappa shape index (κ1) is 22.6. The van der Waals surface area contributed by atoms with Crippen molar-refractivity contribution in [3.8, 4) is 0 Å². The average Bonchev–Trinajstić information content (AvgIpc) is 3.01. The van der Waals surface area contributed by atoms with Gasteiger partial charge in [0.15, 0.2) is 12.1 Å². The molecule has 1 saturated heterocycles. The normalized spacial score (nSPS) is 24.3. The van der Waals surface area contributed by atoms with Crippen LogP contribution in [0.1, 0.15) is 15.9 Å². The molecule has 3 rings (SSSR count). The quantitative estimate of drug-likeness (QED) is 0.251. The Hall–Kier alpha value is -2.73. The van der Waals surface area contributed by atoms with Gasteiger partial charge in [0.05, 0.1) is 11.5 Å². The lowest BCUT2D eigenvalue weighted by Gasteiger charge is -2.18. The Balaban J connectivity index is 0.000000221. The number of hydrogen-bond acceptors (Lipinski definition) is 9. The maximum Gasteiger partial charge on any atom is 0.269 e. The number of benzene rings is 2. The summed E-state index contributed by atoms with van der Waals surface area (Å²) in [6.07, 6.45) is -6.75. The first-order valence-corrected chi connectivity index (χ1v) is 8.59. The molecular weight excluding hydrogens is 386 g/mol. The Kier molecular flexibility index (Phi) is 7.91. The molecule has 156 valence electrons. The van der Waals surface area contributed by atoms with Crippen LogP contribution in [0.5, 0.6) is 0 Å². The third-order valence-electron chi connectivity index (χ3n) is 4.22. The van der Waals surface area contributed by atoms with Gasteiger partial charge in [-0.2, -0.15) is 0 Å². The number of carbonyl (C=O) groups excluding carboxylic acids is 1. The lowest BCUT2D eigenvalue weighted by molar-refractivity contribution is -0.384. The van der Waals surface area contributed by atoms with Crippen LogP contribution in [-0.2, 0) is 4.74 Å². The summed E-state index contributed by atoms with van der Waals surface area (Å²) in [4.78, 5) is 21.9. The molecule has 2 aromatic carbocycles. The average molecular weight is 407 g/mol. The second-order valence-corrected chi connectivity index (χ2v) is 6.22. The summed E-state index contributed by atoms with van der Waals surface area (Å²) in [5.74, 6) is -0.138. The number of nitro groups is 1. The van der Waals surface area contributed by atoms with E-state index in [2.05, 4.69) is 4.74 Å². The summed E-state index contributed by atoms with van der Waals surface area (Å²) in [6, 6.07) is 14.4. The zero-order chi connectivity index (χ0) is 21.6. The Labute approximate surface area is 165 Å². The topological polar surface area (TPSA) is 171 Å². The second kappa shape index (κ2) is 10.2. The molecule has 10 heteroatoms. The number of aliphatic hydroxyl groups excluding tert-OH is 5. The van der Waals surface area contributed by atoms with E-state index in [1.807, 2.05) is 6.07 Å². The van der Waals surface area contributed by atoms with Crippen LogP contribution < -0.4 is 0 Å². The number of ether oxygens (including phenoxy) is 1. The summed E-state index contributed by atoms with van der Waals surface area (Å²) < 4.78 is 4.58. The molecule has 0 aliphatic carbocycles. The molecule has 1 aliphatic rings. The molecule has 1 unspecified atom stereocenters. The fourth-order valence-corrected chi connectivity index (χ4v) is 2.60. The van der Waals surface area contributed by atoms with E-state index < -0.39 is 42.2 Å². The molecular formula is C19H21NO9. The molecule has 0 radical (unpaired) electrons. The molecule has 0 aromatic heterocycles. The molecule has 0 bridgehead atoms. The number of non-ortho nitro benzene ring substituents is 1. The number of carbonyl (C=O) groups is 1. The smallest absolute Gasteiger partial charge is 0.269 e. The first-order valence-electron chi connectivity index (χ1n) is 8.59. The monoisotopic (exact) mass is 407 g/mol. The fourth-order valence-electron chi connectivity index (χ4n) is 2.60. The van der Waals surface area contributed by atoms with E-state index >= 15 is 0 Å². The molecule has 29 heavy (non-hydrogen) atoms. The number of rotatable bonds is 5. The van der Waals surface area contributed by atoms with Gasteiger partial charge in [0.2, 0.25) is 0 Å². The Morgan fingerprint density at radius 2 is 1.55 bits per heavy atom. The van der Waals surface area contributed by atoms with Gasteiger partial charge in [0.1, 0.15) is 24.4 Å². The minimum atomic E-state index is -1.51. The van der Waals surface area contributed by atoms with Crippen molar-refractivity contribution in [2.75, 3.05) is 6.61 Å². The standard InChI is InChI=1S/C13H9NO3.C6H12O6/c15-13(10-4-2-1-3-5-10)11-6-8-12(9-7-11)14(16)17;7-1-2(8)5-3(9)4(10)6(11)12-5/h1-9H;2-11H,1H2/t;2?,3-,4-,5-,6+/m.1/s1. The molecule has 0 saturated carbocycles. The van der Waals surface area contributed by atoms with Crippen LogP contribution in [0.25, 0.3) is 0 Å². The largest absolute Gasteiger partial charge is 0.394 e. The van der Waals surface area contributed by atoms with E-state index in [1.54, 1.807) is 24.3 Å². The second-order valence-electron chi connectivity index (χ2n) is 6.22.